The molecule has 1 rings (SSSR count). The fourth-order valence-electron chi connectivity index (χ4n) is 4.97. The maximum Gasteiger partial charge on any atom is 0.222 e. The molecule has 0 atom stereocenters. The van der Waals surface area contributed by atoms with Crippen molar-refractivity contribution in [2.24, 2.45) is 5.73 Å². The van der Waals surface area contributed by atoms with E-state index >= 15 is 0 Å². The molecule has 6 nitrogen and oxygen atoms in total. The molecule has 1 amide bonds. The van der Waals surface area contributed by atoms with Crippen molar-refractivity contribution in [3.63, 3.8) is 0 Å². The molecule has 230 valence electrons. The lowest BCUT2D eigenvalue weighted by atomic mass is 10.1. The fraction of sp³-hybridized carbons (Fsp3) is 0.765. The van der Waals surface area contributed by atoms with Crippen molar-refractivity contribution in [1.29, 1.82) is 0 Å². The molecule has 40 heavy (non-hydrogen) atoms. The lowest BCUT2D eigenvalue weighted by Gasteiger charge is -2.21. The van der Waals surface area contributed by atoms with Crippen molar-refractivity contribution in [2.45, 2.75) is 142 Å². The highest BCUT2D eigenvalue weighted by atomic mass is 16.5. The minimum absolute atomic E-state index is 0.172. The van der Waals surface area contributed by atoms with Gasteiger partial charge < -0.3 is 25.5 Å². The van der Waals surface area contributed by atoms with E-state index in [1.54, 1.807) is 0 Å². The third kappa shape index (κ3) is 19.1. The normalized spacial score (nSPS) is 11.0. The average molecular weight is 560 g/mol. The van der Waals surface area contributed by atoms with Crippen molar-refractivity contribution < 1.29 is 14.3 Å². The predicted octanol–water partition coefficient (Wildman–Crippen LogP) is 8.42. The quantitative estimate of drug-likeness (QED) is 0.0795. The van der Waals surface area contributed by atoms with Crippen LogP contribution in [0.25, 0.3) is 0 Å². The molecule has 1 aromatic carbocycles. The Hall–Kier alpha value is -2.08. The third-order valence-electron chi connectivity index (χ3n) is 7.57. The lowest BCUT2D eigenvalue weighted by molar-refractivity contribution is -0.130. The zero-order chi connectivity index (χ0) is 29.1. The molecule has 0 radical (unpaired) electrons. The zero-order valence-corrected chi connectivity index (χ0v) is 26.0. The molecule has 6 heteroatoms. The first-order valence-electron chi connectivity index (χ1n) is 16.5. The summed E-state index contributed by atoms with van der Waals surface area (Å²) in [5.74, 6) is 1.06. The van der Waals surface area contributed by atoms with Gasteiger partial charge in [0.05, 0.1) is 6.61 Å². The van der Waals surface area contributed by atoms with Crippen LogP contribution < -0.4 is 15.8 Å². The predicted molar refractivity (Wildman–Crippen MR) is 170 cm³/mol. The Balaban J connectivity index is 2.52. The number of rotatable bonds is 28. The summed E-state index contributed by atoms with van der Waals surface area (Å²) in [6.45, 7) is 5.14. The van der Waals surface area contributed by atoms with Crippen molar-refractivity contribution in [2.75, 3.05) is 32.1 Å². The summed E-state index contributed by atoms with van der Waals surface area (Å²) < 4.78 is 6.24. The molecule has 3 N–H and O–H groups in total. The summed E-state index contributed by atoms with van der Waals surface area (Å²) >= 11 is 0. The largest absolute Gasteiger partial charge is 0.493 e. The molecule has 0 aliphatic carbocycles. The average Bonchev–Trinajstić information content (AvgIpc) is 2.96. The van der Waals surface area contributed by atoms with Crippen LogP contribution in [0, 0.1) is 0 Å². The van der Waals surface area contributed by atoms with E-state index in [4.69, 9.17) is 10.5 Å². The van der Waals surface area contributed by atoms with Gasteiger partial charge >= 0.3 is 0 Å². The highest BCUT2D eigenvalue weighted by molar-refractivity contribution is 5.76. The number of aldehydes is 1. The van der Waals surface area contributed by atoms with Gasteiger partial charge in [-0.05, 0) is 56.8 Å². The van der Waals surface area contributed by atoms with Gasteiger partial charge in [0.25, 0.3) is 0 Å². The van der Waals surface area contributed by atoms with Crippen LogP contribution in [0.1, 0.15) is 141 Å². The minimum Gasteiger partial charge on any atom is -0.493 e. The number of hydrogen-bond acceptors (Lipinski definition) is 5. The number of nitrogens with two attached hydrogens (primary N) is 1. The molecule has 0 spiro atoms. The van der Waals surface area contributed by atoms with Crippen LogP contribution in [0.5, 0.6) is 5.75 Å². The van der Waals surface area contributed by atoms with Crippen molar-refractivity contribution in [3.8, 4) is 5.75 Å². The van der Waals surface area contributed by atoms with Gasteiger partial charge in [0, 0.05) is 44.2 Å². The maximum absolute atomic E-state index is 12.7. The van der Waals surface area contributed by atoms with Gasteiger partial charge in [0.15, 0.2) is 0 Å². The number of amides is 1. The molecule has 0 aromatic heterocycles. The van der Waals surface area contributed by atoms with Crippen LogP contribution in [0.15, 0.2) is 18.2 Å². The van der Waals surface area contributed by atoms with Crippen LogP contribution >= 0.6 is 0 Å². The SMILES string of the molecule is CCCCCCCCCCCCOc1ccc(NCCCCCCCC=O)cc1CN(C)C(=O)CCCCCN. The van der Waals surface area contributed by atoms with Crippen LogP contribution in [0.2, 0.25) is 0 Å². The van der Waals surface area contributed by atoms with Crippen LogP contribution in [-0.2, 0) is 16.1 Å². The summed E-state index contributed by atoms with van der Waals surface area (Å²) in [4.78, 5) is 25.0. The summed E-state index contributed by atoms with van der Waals surface area (Å²) in [5.41, 5.74) is 7.72. The Labute approximate surface area is 246 Å². The molecule has 0 bridgehead atoms. The van der Waals surface area contributed by atoms with E-state index in [0.29, 0.717) is 25.9 Å². The molecule has 0 fully saturated rings. The van der Waals surface area contributed by atoms with Crippen LogP contribution in [-0.4, -0.2) is 43.8 Å². The third-order valence-corrected chi connectivity index (χ3v) is 7.57. The van der Waals surface area contributed by atoms with Gasteiger partial charge in [-0.25, -0.2) is 0 Å². The second kappa shape index (κ2) is 25.9. The molecule has 0 saturated heterocycles. The van der Waals surface area contributed by atoms with Crippen molar-refractivity contribution >= 4 is 17.9 Å². The van der Waals surface area contributed by atoms with Gasteiger partial charge in [-0.2, -0.15) is 0 Å². The Morgan fingerprint density at radius 1 is 0.850 bits per heavy atom. The number of carbonyl (C=O) groups excluding carboxylic acids is 2. The molecular formula is C34H61N3O3. The first-order chi connectivity index (χ1) is 19.6. The maximum atomic E-state index is 12.7. The Morgan fingerprint density at radius 2 is 1.48 bits per heavy atom. The van der Waals surface area contributed by atoms with Gasteiger partial charge in [0.2, 0.25) is 5.91 Å². The Morgan fingerprint density at radius 3 is 2.15 bits per heavy atom. The molecule has 1 aromatic rings. The summed E-state index contributed by atoms with van der Waals surface area (Å²) in [6.07, 6.45) is 23.8. The van der Waals surface area contributed by atoms with E-state index in [1.165, 1.54) is 70.6 Å². The second-order valence-corrected chi connectivity index (χ2v) is 11.4. The van der Waals surface area contributed by atoms with Gasteiger partial charge in [-0.3, -0.25) is 4.79 Å². The van der Waals surface area contributed by atoms with Gasteiger partial charge in [0.1, 0.15) is 12.0 Å². The number of benzene rings is 1. The van der Waals surface area contributed by atoms with Crippen molar-refractivity contribution in [3.05, 3.63) is 23.8 Å². The van der Waals surface area contributed by atoms with E-state index < -0.39 is 0 Å². The summed E-state index contributed by atoms with van der Waals surface area (Å²) in [7, 11) is 1.89. The molecule has 0 aliphatic rings. The molecular weight excluding hydrogens is 498 g/mol. The minimum atomic E-state index is 0.172. The standard InChI is InChI=1S/C34H61N3O3/c1-3-4-5-6-7-8-9-12-15-21-28-40-33-24-23-32(36-26-19-13-10-11-14-20-27-38)29-31(33)30-37(2)34(39)22-17-16-18-25-35/h23-24,27,29,36H,3-22,25-26,28,30,35H2,1-2H3. The number of nitrogens with zero attached hydrogens (tertiary/aromatic N) is 1. The number of carbonyl (C=O) groups is 2. The molecule has 0 saturated carbocycles. The smallest absolute Gasteiger partial charge is 0.222 e. The highest BCUT2D eigenvalue weighted by Crippen LogP contribution is 2.25. The molecule has 0 unspecified atom stereocenters. The van der Waals surface area contributed by atoms with E-state index in [-0.39, 0.29) is 5.91 Å². The number of hydrogen-bond donors (Lipinski definition) is 2. The van der Waals surface area contributed by atoms with E-state index in [9.17, 15) is 9.59 Å². The van der Waals surface area contributed by atoms with E-state index in [1.807, 2.05) is 11.9 Å². The molecule has 0 aliphatic heterocycles. The number of ether oxygens (including phenoxy) is 1. The van der Waals surface area contributed by atoms with Gasteiger partial charge in [-0.15, -0.1) is 0 Å². The first kappa shape index (κ1) is 35.9. The number of unbranched alkanes of at least 4 members (excludes halogenated alkanes) is 16. The lowest BCUT2D eigenvalue weighted by Crippen LogP contribution is -2.26. The zero-order valence-electron chi connectivity index (χ0n) is 26.0. The fourth-order valence-corrected chi connectivity index (χ4v) is 4.97. The first-order valence-corrected chi connectivity index (χ1v) is 16.5. The van der Waals surface area contributed by atoms with Gasteiger partial charge in [-0.1, -0.05) is 90.4 Å². The summed E-state index contributed by atoms with van der Waals surface area (Å²) in [6, 6.07) is 6.30. The van der Waals surface area contributed by atoms with Crippen LogP contribution in [0.4, 0.5) is 5.69 Å². The van der Waals surface area contributed by atoms with Crippen molar-refractivity contribution in [1.82, 2.24) is 4.90 Å². The van der Waals surface area contributed by atoms with Crippen LogP contribution in [0.3, 0.4) is 0 Å². The van der Waals surface area contributed by atoms with E-state index in [2.05, 4.69) is 30.4 Å². The Bertz CT molecular complexity index is 756. The Kier molecular flexibility index (Phi) is 23.2. The monoisotopic (exact) mass is 559 g/mol. The summed E-state index contributed by atoms with van der Waals surface area (Å²) in [5, 5.41) is 3.55. The topological polar surface area (TPSA) is 84.7 Å². The number of nitrogens with one attached hydrogen (secondary N) is 1. The second-order valence-electron chi connectivity index (χ2n) is 11.4. The van der Waals surface area contributed by atoms with E-state index in [0.717, 1.165) is 81.4 Å². The molecule has 0 heterocycles. The number of anilines is 1. The highest BCUT2D eigenvalue weighted by Gasteiger charge is 2.13.